The van der Waals surface area contributed by atoms with Crippen molar-refractivity contribution in [2.24, 2.45) is 0 Å². The third kappa shape index (κ3) is 5.44. The standard InChI is InChI=1S/C17H16Cl2N2O3/c1-2-24-17(23)11-3-5-14(6-4-11)20-10-16(22)21-15-8-12(18)7-13(19)9-15/h3-9,20H,2,10H2,1H3,(H,21,22). The van der Waals surface area contributed by atoms with Gasteiger partial charge in [-0.2, -0.15) is 0 Å². The number of ether oxygens (including phenoxy) is 1. The fourth-order valence-electron chi connectivity index (χ4n) is 1.95. The second kappa shape index (κ2) is 8.57. The van der Waals surface area contributed by atoms with E-state index in [-0.39, 0.29) is 18.4 Å². The van der Waals surface area contributed by atoms with E-state index in [1.807, 2.05) is 0 Å². The molecule has 0 aromatic heterocycles. The number of amides is 1. The van der Waals surface area contributed by atoms with E-state index in [1.54, 1.807) is 49.4 Å². The normalized spacial score (nSPS) is 10.1. The van der Waals surface area contributed by atoms with E-state index >= 15 is 0 Å². The topological polar surface area (TPSA) is 67.4 Å². The van der Waals surface area contributed by atoms with E-state index < -0.39 is 0 Å². The van der Waals surface area contributed by atoms with Crippen LogP contribution in [0.4, 0.5) is 11.4 Å². The summed E-state index contributed by atoms with van der Waals surface area (Å²) < 4.78 is 4.91. The summed E-state index contributed by atoms with van der Waals surface area (Å²) >= 11 is 11.8. The predicted octanol–water partition coefficient (Wildman–Crippen LogP) is 4.22. The molecule has 0 aliphatic carbocycles. The summed E-state index contributed by atoms with van der Waals surface area (Å²) in [7, 11) is 0. The lowest BCUT2D eigenvalue weighted by Crippen LogP contribution is -2.21. The van der Waals surface area contributed by atoms with Crippen molar-refractivity contribution >= 4 is 46.5 Å². The highest BCUT2D eigenvalue weighted by molar-refractivity contribution is 6.35. The average Bonchev–Trinajstić information content (AvgIpc) is 2.52. The van der Waals surface area contributed by atoms with Crippen LogP contribution in [0.2, 0.25) is 10.0 Å². The van der Waals surface area contributed by atoms with Crippen LogP contribution in [0, 0.1) is 0 Å². The van der Waals surface area contributed by atoms with Gasteiger partial charge in [0.15, 0.2) is 0 Å². The van der Waals surface area contributed by atoms with E-state index in [1.165, 1.54) is 0 Å². The molecular formula is C17H16Cl2N2O3. The van der Waals surface area contributed by atoms with Gasteiger partial charge in [-0.25, -0.2) is 4.79 Å². The Balaban J connectivity index is 1.88. The van der Waals surface area contributed by atoms with Crippen molar-refractivity contribution < 1.29 is 14.3 Å². The van der Waals surface area contributed by atoms with Gasteiger partial charge in [-0.1, -0.05) is 23.2 Å². The Morgan fingerprint density at radius 1 is 1.00 bits per heavy atom. The summed E-state index contributed by atoms with van der Waals surface area (Å²) in [5.74, 6) is -0.623. The molecule has 1 amide bonds. The average molecular weight is 367 g/mol. The van der Waals surface area contributed by atoms with Crippen LogP contribution in [0.15, 0.2) is 42.5 Å². The van der Waals surface area contributed by atoms with Crippen LogP contribution in [0.1, 0.15) is 17.3 Å². The molecule has 0 aliphatic rings. The van der Waals surface area contributed by atoms with Crippen LogP contribution < -0.4 is 10.6 Å². The summed E-state index contributed by atoms with van der Waals surface area (Å²) in [4.78, 5) is 23.5. The lowest BCUT2D eigenvalue weighted by molar-refractivity contribution is -0.114. The van der Waals surface area contributed by atoms with Gasteiger partial charge in [0, 0.05) is 21.4 Å². The zero-order chi connectivity index (χ0) is 17.5. The molecule has 2 rings (SSSR count). The molecule has 126 valence electrons. The predicted molar refractivity (Wildman–Crippen MR) is 96.0 cm³/mol. The fourth-order valence-corrected chi connectivity index (χ4v) is 2.48. The van der Waals surface area contributed by atoms with Gasteiger partial charge in [0.2, 0.25) is 5.91 Å². The maximum atomic E-state index is 11.9. The summed E-state index contributed by atoms with van der Waals surface area (Å²) in [6.45, 7) is 2.13. The molecule has 0 radical (unpaired) electrons. The minimum absolute atomic E-state index is 0.0584. The van der Waals surface area contributed by atoms with Gasteiger partial charge in [-0.15, -0.1) is 0 Å². The van der Waals surface area contributed by atoms with Crippen molar-refractivity contribution in [3.8, 4) is 0 Å². The third-order valence-corrected chi connectivity index (χ3v) is 3.43. The van der Waals surface area contributed by atoms with E-state index in [9.17, 15) is 9.59 Å². The number of anilines is 2. The first-order chi connectivity index (χ1) is 11.5. The van der Waals surface area contributed by atoms with Crippen LogP contribution in [-0.4, -0.2) is 25.0 Å². The zero-order valence-electron chi connectivity index (χ0n) is 12.9. The molecule has 2 aromatic rings. The van der Waals surface area contributed by atoms with Gasteiger partial charge in [0.25, 0.3) is 0 Å². The number of carbonyl (C=O) groups excluding carboxylic acids is 2. The number of rotatable bonds is 6. The van der Waals surface area contributed by atoms with Gasteiger partial charge in [-0.3, -0.25) is 4.79 Å². The van der Waals surface area contributed by atoms with Gasteiger partial charge in [-0.05, 0) is 49.4 Å². The molecule has 0 fully saturated rings. The number of hydrogen-bond acceptors (Lipinski definition) is 4. The molecule has 2 aromatic carbocycles. The SMILES string of the molecule is CCOC(=O)c1ccc(NCC(=O)Nc2cc(Cl)cc(Cl)c2)cc1. The van der Waals surface area contributed by atoms with E-state index in [2.05, 4.69) is 10.6 Å². The van der Waals surface area contributed by atoms with Crippen LogP contribution in [0.3, 0.4) is 0 Å². The molecule has 0 saturated heterocycles. The largest absolute Gasteiger partial charge is 0.462 e. The van der Waals surface area contributed by atoms with Crippen molar-refractivity contribution in [1.82, 2.24) is 0 Å². The molecule has 0 heterocycles. The van der Waals surface area contributed by atoms with E-state index in [4.69, 9.17) is 27.9 Å². The lowest BCUT2D eigenvalue weighted by atomic mass is 10.2. The smallest absolute Gasteiger partial charge is 0.338 e. The minimum atomic E-state index is -0.375. The lowest BCUT2D eigenvalue weighted by Gasteiger charge is -2.09. The van der Waals surface area contributed by atoms with Crippen molar-refractivity contribution in [2.75, 3.05) is 23.8 Å². The maximum Gasteiger partial charge on any atom is 0.338 e. The van der Waals surface area contributed by atoms with Gasteiger partial charge in [0.1, 0.15) is 0 Å². The first-order valence-corrected chi connectivity index (χ1v) is 8.00. The van der Waals surface area contributed by atoms with Crippen molar-refractivity contribution in [2.45, 2.75) is 6.92 Å². The molecule has 0 bridgehead atoms. The molecule has 5 nitrogen and oxygen atoms in total. The van der Waals surface area contributed by atoms with E-state index in [0.29, 0.717) is 33.6 Å². The molecule has 7 heteroatoms. The van der Waals surface area contributed by atoms with Crippen molar-refractivity contribution in [3.63, 3.8) is 0 Å². The molecule has 0 aliphatic heterocycles. The highest BCUT2D eigenvalue weighted by Crippen LogP contribution is 2.22. The first kappa shape index (κ1) is 18.1. The Morgan fingerprint density at radius 2 is 1.62 bits per heavy atom. The van der Waals surface area contributed by atoms with Crippen LogP contribution in [-0.2, 0) is 9.53 Å². The Labute approximate surface area is 149 Å². The Morgan fingerprint density at radius 3 is 2.21 bits per heavy atom. The summed E-state index contributed by atoms with van der Waals surface area (Å²) in [6.07, 6.45) is 0. The number of benzene rings is 2. The maximum absolute atomic E-state index is 11.9. The quantitative estimate of drug-likeness (QED) is 0.751. The number of esters is 1. The molecule has 24 heavy (non-hydrogen) atoms. The Kier molecular flexibility index (Phi) is 6.46. The van der Waals surface area contributed by atoms with Gasteiger partial charge < -0.3 is 15.4 Å². The van der Waals surface area contributed by atoms with Crippen molar-refractivity contribution in [3.05, 3.63) is 58.1 Å². The van der Waals surface area contributed by atoms with Crippen LogP contribution in [0.5, 0.6) is 0 Å². The number of hydrogen-bond donors (Lipinski definition) is 2. The highest BCUT2D eigenvalue weighted by atomic mass is 35.5. The summed E-state index contributed by atoms with van der Waals surface area (Å²) in [6, 6.07) is 11.5. The van der Waals surface area contributed by atoms with E-state index in [0.717, 1.165) is 0 Å². The fraction of sp³-hybridized carbons (Fsp3) is 0.176. The molecular weight excluding hydrogens is 351 g/mol. The monoisotopic (exact) mass is 366 g/mol. The minimum Gasteiger partial charge on any atom is -0.462 e. The molecule has 0 saturated carbocycles. The number of halogens is 2. The number of carbonyl (C=O) groups is 2. The van der Waals surface area contributed by atoms with Crippen LogP contribution in [0.25, 0.3) is 0 Å². The zero-order valence-corrected chi connectivity index (χ0v) is 14.4. The molecule has 0 spiro atoms. The summed E-state index contributed by atoms with van der Waals surface area (Å²) in [5.41, 5.74) is 1.69. The molecule has 0 unspecified atom stereocenters. The van der Waals surface area contributed by atoms with Gasteiger partial charge in [0.05, 0.1) is 18.7 Å². The highest BCUT2D eigenvalue weighted by Gasteiger charge is 2.07. The molecule has 2 N–H and O–H groups in total. The van der Waals surface area contributed by atoms with Crippen molar-refractivity contribution in [1.29, 1.82) is 0 Å². The van der Waals surface area contributed by atoms with Gasteiger partial charge >= 0.3 is 5.97 Å². The second-order valence-electron chi connectivity index (χ2n) is 4.86. The Bertz CT molecular complexity index is 713. The van der Waals surface area contributed by atoms with Crippen LogP contribution >= 0.6 is 23.2 Å². The summed E-state index contributed by atoms with van der Waals surface area (Å²) in [5, 5.41) is 6.55. The molecule has 0 atom stereocenters. The third-order valence-electron chi connectivity index (χ3n) is 3.00. The number of nitrogens with one attached hydrogen (secondary N) is 2. The Hall–Kier alpha value is -2.24. The second-order valence-corrected chi connectivity index (χ2v) is 5.73. The first-order valence-electron chi connectivity index (χ1n) is 7.25.